The lowest BCUT2D eigenvalue weighted by Crippen LogP contribution is -2.24. The summed E-state index contributed by atoms with van der Waals surface area (Å²) in [5.74, 6) is -0.231. The first-order valence-electron chi connectivity index (χ1n) is 8.19. The fourth-order valence-electron chi connectivity index (χ4n) is 2.18. The van der Waals surface area contributed by atoms with Gasteiger partial charge in [0.15, 0.2) is 16.1 Å². The SMILES string of the molecule is Cc1csc(NC(=O)CSc2nnc(CNC(=O)c3ccc(F)cc3)n2C)n1. The number of hydrogen-bond donors (Lipinski definition) is 2. The van der Waals surface area contributed by atoms with Crippen LogP contribution in [0.4, 0.5) is 9.52 Å². The van der Waals surface area contributed by atoms with Crippen molar-refractivity contribution in [3.63, 3.8) is 0 Å². The minimum absolute atomic E-state index is 0.158. The molecule has 0 aliphatic heterocycles. The molecule has 0 bridgehead atoms. The van der Waals surface area contributed by atoms with E-state index in [1.807, 2.05) is 12.3 Å². The minimum Gasteiger partial charge on any atom is -0.345 e. The number of benzene rings is 1. The van der Waals surface area contributed by atoms with Gasteiger partial charge in [0.1, 0.15) is 5.82 Å². The molecule has 1 aromatic carbocycles. The summed E-state index contributed by atoms with van der Waals surface area (Å²) in [6.45, 7) is 2.02. The van der Waals surface area contributed by atoms with Crippen LogP contribution in [0.5, 0.6) is 0 Å². The number of nitrogens with one attached hydrogen (secondary N) is 2. The number of carbonyl (C=O) groups is 2. The van der Waals surface area contributed by atoms with Crippen molar-refractivity contribution in [3.8, 4) is 0 Å². The van der Waals surface area contributed by atoms with E-state index in [1.165, 1.54) is 47.4 Å². The number of thioether (sulfide) groups is 1. The normalized spacial score (nSPS) is 10.7. The Labute approximate surface area is 168 Å². The molecule has 0 fully saturated rings. The molecule has 0 aliphatic rings. The van der Waals surface area contributed by atoms with Gasteiger partial charge in [-0.15, -0.1) is 21.5 Å². The van der Waals surface area contributed by atoms with Crippen LogP contribution in [-0.2, 0) is 18.4 Å². The summed E-state index contributed by atoms with van der Waals surface area (Å²) < 4.78 is 14.6. The van der Waals surface area contributed by atoms with Gasteiger partial charge in [0.2, 0.25) is 5.91 Å². The summed E-state index contributed by atoms with van der Waals surface area (Å²) in [6, 6.07) is 5.27. The maximum absolute atomic E-state index is 12.9. The van der Waals surface area contributed by atoms with E-state index < -0.39 is 5.82 Å². The fourth-order valence-corrected chi connectivity index (χ4v) is 3.62. The molecule has 11 heteroatoms. The van der Waals surface area contributed by atoms with Gasteiger partial charge in [0.25, 0.3) is 5.91 Å². The van der Waals surface area contributed by atoms with Crippen molar-refractivity contribution in [2.45, 2.75) is 18.6 Å². The lowest BCUT2D eigenvalue weighted by molar-refractivity contribution is -0.113. The lowest BCUT2D eigenvalue weighted by Gasteiger charge is -2.06. The number of aromatic nitrogens is 4. The third kappa shape index (κ3) is 5.14. The highest BCUT2D eigenvalue weighted by molar-refractivity contribution is 7.99. The largest absolute Gasteiger partial charge is 0.345 e. The van der Waals surface area contributed by atoms with Crippen LogP contribution in [0, 0.1) is 12.7 Å². The van der Waals surface area contributed by atoms with Crippen molar-refractivity contribution in [2.75, 3.05) is 11.1 Å². The molecule has 2 heterocycles. The van der Waals surface area contributed by atoms with Gasteiger partial charge in [-0.1, -0.05) is 11.8 Å². The van der Waals surface area contributed by atoms with E-state index in [-0.39, 0.29) is 24.1 Å². The number of thiazole rings is 1. The first-order chi connectivity index (χ1) is 13.4. The zero-order chi connectivity index (χ0) is 20.1. The van der Waals surface area contributed by atoms with Gasteiger partial charge in [0, 0.05) is 18.0 Å². The number of aryl methyl sites for hydroxylation is 1. The van der Waals surface area contributed by atoms with E-state index in [9.17, 15) is 14.0 Å². The molecule has 146 valence electrons. The minimum atomic E-state index is -0.402. The average Bonchev–Trinajstić information content (AvgIpc) is 3.24. The third-order valence-corrected chi connectivity index (χ3v) is 5.53. The number of rotatable bonds is 7. The summed E-state index contributed by atoms with van der Waals surface area (Å²) >= 11 is 2.60. The van der Waals surface area contributed by atoms with Gasteiger partial charge in [-0.25, -0.2) is 9.37 Å². The molecule has 2 aromatic heterocycles. The molecule has 0 saturated heterocycles. The Morgan fingerprint density at radius 1 is 1.25 bits per heavy atom. The zero-order valence-corrected chi connectivity index (χ0v) is 16.7. The van der Waals surface area contributed by atoms with E-state index in [0.29, 0.717) is 21.7 Å². The molecular weight excluding hydrogens is 403 g/mol. The number of hydrogen-bond acceptors (Lipinski definition) is 7. The van der Waals surface area contributed by atoms with Gasteiger partial charge in [-0.3, -0.25) is 9.59 Å². The van der Waals surface area contributed by atoms with Crippen molar-refractivity contribution in [1.29, 1.82) is 0 Å². The standard InChI is InChI=1S/C17H17FN6O2S2/c1-10-8-27-16(20-10)21-14(25)9-28-17-23-22-13(24(17)2)7-19-15(26)11-3-5-12(18)6-4-11/h3-6,8H,7,9H2,1-2H3,(H,19,26)(H,20,21,25). The van der Waals surface area contributed by atoms with Crippen LogP contribution in [0.2, 0.25) is 0 Å². The van der Waals surface area contributed by atoms with Gasteiger partial charge >= 0.3 is 0 Å². The second-order valence-corrected chi connectivity index (χ2v) is 7.58. The van der Waals surface area contributed by atoms with Crippen molar-refractivity contribution >= 4 is 40.0 Å². The van der Waals surface area contributed by atoms with Crippen molar-refractivity contribution in [3.05, 3.63) is 52.5 Å². The predicted molar refractivity (Wildman–Crippen MR) is 105 cm³/mol. The smallest absolute Gasteiger partial charge is 0.251 e. The summed E-state index contributed by atoms with van der Waals surface area (Å²) in [5, 5.41) is 16.5. The predicted octanol–water partition coefficient (Wildman–Crippen LogP) is 2.38. The van der Waals surface area contributed by atoms with Crippen LogP contribution in [-0.4, -0.2) is 37.3 Å². The number of nitrogens with zero attached hydrogens (tertiary/aromatic N) is 4. The van der Waals surface area contributed by atoms with Crippen LogP contribution in [0.25, 0.3) is 0 Å². The highest BCUT2D eigenvalue weighted by Gasteiger charge is 2.13. The average molecular weight is 420 g/mol. The summed E-state index contributed by atoms with van der Waals surface area (Å²) in [4.78, 5) is 28.3. The second kappa shape index (κ2) is 8.93. The zero-order valence-electron chi connectivity index (χ0n) is 15.1. The molecule has 2 amide bonds. The molecule has 28 heavy (non-hydrogen) atoms. The van der Waals surface area contributed by atoms with Crippen LogP contribution in [0.1, 0.15) is 21.9 Å². The molecule has 0 saturated carbocycles. The highest BCUT2D eigenvalue weighted by Crippen LogP contribution is 2.18. The van der Waals surface area contributed by atoms with Gasteiger partial charge < -0.3 is 15.2 Å². The number of amides is 2. The van der Waals surface area contributed by atoms with Crippen LogP contribution in [0.3, 0.4) is 0 Å². The molecule has 0 atom stereocenters. The Bertz CT molecular complexity index is 986. The van der Waals surface area contributed by atoms with E-state index in [1.54, 1.807) is 11.6 Å². The first-order valence-corrected chi connectivity index (χ1v) is 10.1. The molecule has 8 nitrogen and oxygen atoms in total. The third-order valence-electron chi connectivity index (χ3n) is 3.64. The molecule has 3 rings (SSSR count). The van der Waals surface area contributed by atoms with E-state index in [0.717, 1.165) is 5.69 Å². The van der Waals surface area contributed by atoms with Gasteiger partial charge in [-0.2, -0.15) is 0 Å². The van der Waals surface area contributed by atoms with Crippen LogP contribution in [0.15, 0.2) is 34.8 Å². The molecule has 0 aliphatic carbocycles. The van der Waals surface area contributed by atoms with Crippen LogP contribution < -0.4 is 10.6 Å². The molecular formula is C17H17FN6O2S2. The Hall–Kier alpha value is -2.79. The monoisotopic (exact) mass is 420 g/mol. The van der Waals surface area contributed by atoms with E-state index >= 15 is 0 Å². The first kappa shape index (κ1) is 20.0. The Balaban J connectivity index is 1.51. The number of halogens is 1. The Morgan fingerprint density at radius 2 is 2.00 bits per heavy atom. The molecule has 3 aromatic rings. The van der Waals surface area contributed by atoms with Crippen molar-refractivity contribution < 1.29 is 14.0 Å². The van der Waals surface area contributed by atoms with Gasteiger partial charge in [-0.05, 0) is 31.2 Å². The van der Waals surface area contributed by atoms with Crippen LogP contribution >= 0.6 is 23.1 Å². The van der Waals surface area contributed by atoms with E-state index in [4.69, 9.17) is 0 Å². The lowest BCUT2D eigenvalue weighted by atomic mass is 10.2. The number of anilines is 1. The molecule has 0 radical (unpaired) electrons. The summed E-state index contributed by atoms with van der Waals surface area (Å²) in [5.41, 5.74) is 1.21. The topological polar surface area (TPSA) is 102 Å². The molecule has 0 unspecified atom stereocenters. The maximum atomic E-state index is 12.9. The van der Waals surface area contributed by atoms with Crippen molar-refractivity contribution in [2.24, 2.45) is 7.05 Å². The van der Waals surface area contributed by atoms with Gasteiger partial charge in [0.05, 0.1) is 18.0 Å². The van der Waals surface area contributed by atoms with E-state index in [2.05, 4.69) is 25.8 Å². The Kier molecular flexibility index (Phi) is 6.37. The fraction of sp³-hybridized carbons (Fsp3) is 0.235. The quantitative estimate of drug-likeness (QED) is 0.569. The second-order valence-electron chi connectivity index (χ2n) is 5.78. The summed E-state index contributed by atoms with van der Waals surface area (Å²) in [6.07, 6.45) is 0. The summed E-state index contributed by atoms with van der Waals surface area (Å²) in [7, 11) is 1.75. The molecule has 2 N–H and O–H groups in total. The van der Waals surface area contributed by atoms with Crippen molar-refractivity contribution in [1.82, 2.24) is 25.1 Å². The molecule has 0 spiro atoms. The Morgan fingerprint density at radius 3 is 2.68 bits per heavy atom. The highest BCUT2D eigenvalue weighted by atomic mass is 32.2. The number of carbonyl (C=O) groups excluding carboxylic acids is 2. The maximum Gasteiger partial charge on any atom is 0.251 e.